The maximum Gasteiger partial charge on any atom is 0.148 e. The predicted molar refractivity (Wildman–Crippen MR) is 88.3 cm³/mol. The number of piperidine rings is 1. The minimum atomic E-state index is -0.0882. The van der Waals surface area contributed by atoms with Gasteiger partial charge in [0.05, 0.1) is 5.41 Å². The van der Waals surface area contributed by atoms with Crippen molar-refractivity contribution >= 4 is 12.0 Å². The van der Waals surface area contributed by atoms with E-state index in [0.717, 1.165) is 49.2 Å². The first kappa shape index (κ1) is 13.4. The number of allylic oxidation sites excluding steroid dienone is 2. The number of fused-ring (bicyclic) bond motifs is 2. The van der Waals surface area contributed by atoms with Gasteiger partial charge in [-0.25, -0.2) is 0 Å². The van der Waals surface area contributed by atoms with Gasteiger partial charge in [0.15, 0.2) is 0 Å². The number of aromatic hydroxyl groups is 1. The lowest BCUT2D eigenvalue weighted by molar-refractivity contribution is -0.105. The molecule has 3 aliphatic heterocycles. The van der Waals surface area contributed by atoms with Gasteiger partial charge in [-0.05, 0) is 31.4 Å². The molecule has 4 aliphatic rings. The summed E-state index contributed by atoms with van der Waals surface area (Å²) in [5, 5.41) is 13.3. The van der Waals surface area contributed by atoms with Crippen molar-refractivity contribution in [3.8, 4) is 5.75 Å². The smallest absolute Gasteiger partial charge is 0.148 e. The summed E-state index contributed by atoms with van der Waals surface area (Å²) in [6.45, 7) is 4.12. The molecular formula is C19H20N2O2. The van der Waals surface area contributed by atoms with Gasteiger partial charge < -0.3 is 10.4 Å². The van der Waals surface area contributed by atoms with Crippen molar-refractivity contribution in [1.29, 1.82) is 0 Å². The summed E-state index contributed by atoms with van der Waals surface area (Å²) in [4.78, 5) is 14.5. The molecule has 3 heterocycles. The number of phenolic OH excluding ortho intramolecular Hbond substituents is 1. The lowest BCUT2D eigenvalue weighted by atomic mass is 9.62. The Kier molecular flexibility index (Phi) is 2.48. The number of benzene rings is 1. The lowest BCUT2D eigenvalue weighted by Gasteiger charge is -2.48. The van der Waals surface area contributed by atoms with E-state index in [0.29, 0.717) is 6.04 Å². The van der Waals surface area contributed by atoms with Crippen molar-refractivity contribution in [3.63, 3.8) is 0 Å². The van der Waals surface area contributed by atoms with E-state index in [1.54, 1.807) is 12.1 Å². The van der Waals surface area contributed by atoms with Gasteiger partial charge in [0.2, 0.25) is 0 Å². The maximum absolute atomic E-state index is 12.0. The molecule has 5 rings (SSSR count). The van der Waals surface area contributed by atoms with E-state index in [1.807, 2.05) is 6.07 Å². The summed E-state index contributed by atoms with van der Waals surface area (Å²) in [7, 11) is 0. The van der Waals surface area contributed by atoms with Gasteiger partial charge in [-0.2, -0.15) is 0 Å². The van der Waals surface area contributed by atoms with Crippen LogP contribution in [-0.4, -0.2) is 35.4 Å². The number of phenols is 1. The van der Waals surface area contributed by atoms with Gasteiger partial charge in [0, 0.05) is 48.1 Å². The second-order valence-electron chi connectivity index (χ2n) is 7.16. The maximum atomic E-state index is 12.0. The van der Waals surface area contributed by atoms with Gasteiger partial charge in [-0.3, -0.25) is 9.69 Å². The van der Waals surface area contributed by atoms with Crippen LogP contribution in [0.1, 0.15) is 25.3 Å². The van der Waals surface area contributed by atoms with Crippen molar-refractivity contribution < 1.29 is 9.90 Å². The van der Waals surface area contributed by atoms with Crippen LogP contribution in [-0.2, 0) is 10.2 Å². The van der Waals surface area contributed by atoms with Gasteiger partial charge in [-0.1, -0.05) is 17.7 Å². The van der Waals surface area contributed by atoms with Crippen LogP contribution in [0.2, 0.25) is 0 Å². The van der Waals surface area contributed by atoms with Gasteiger partial charge in [-0.15, -0.1) is 0 Å². The molecule has 2 saturated heterocycles. The third-order valence-electron chi connectivity index (χ3n) is 6.45. The number of carbonyl (C=O) groups excluding carboxylic acids is 1. The third-order valence-corrected chi connectivity index (χ3v) is 6.45. The van der Waals surface area contributed by atoms with Crippen LogP contribution < -0.4 is 5.32 Å². The van der Waals surface area contributed by atoms with Crippen LogP contribution >= 0.6 is 0 Å². The molecule has 118 valence electrons. The van der Waals surface area contributed by atoms with Gasteiger partial charge in [0.1, 0.15) is 12.0 Å². The molecule has 0 radical (unpaired) electrons. The van der Waals surface area contributed by atoms with Crippen LogP contribution in [0.25, 0.3) is 0 Å². The Morgan fingerprint density at radius 2 is 2.30 bits per heavy atom. The molecule has 0 aromatic heterocycles. The molecule has 0 saturated carbocycles. The predicted octanol–water partition coefficient (Wildman–Crippen LogP) is 2.56. The molecule has 1 spiro atoms. The molecular weight excluding hydrogens is 288 g/mol. The fourth-order valence-electron chi connectivity index (χ4n) is 5.49. The van der Waals surface area contributed by atoms with Crippen molar-refractivity contribution in [2.24, 2.45) is 5.92 Å². The fourth-order valence-corrected chi connectivity index (χ4v) is 5.49. The quantitative estimate of drug-likeness (QED) is 0.618. The molecule has 4 nitrogen and oxygen atoms in total. The summed E-state index contributed by atoms with van der Waals surface area (Å²) >= 11 is 0. The van der Waals surface area contributed by atoms with Gasteiger partial charge >= 0.3 is 0 Å². The van der Waals surface area contributed by atoms with E-state index >= 15 is 0 Å². The first-order valence-electron chi connectivity index (χ1n) is 8.38. The summed E-state index contributed by atoms with van der Waals surface area (Å²) < 4.78 is 0. The number of rotatable bonds is 1. The molecule has 2 N–H and O–H groups in total. The number of nitrogens with one attached hydrogen (secondary N) is 1. The minimum Gasteiger partial charge on any atom is -0.508 e. The minimum absolute atomic E-state index is 0.0882. The molecule has 0 amide bonds. The number of nitrogens with zero attached hydrogens (tertiary/aromatic N) is 1. The Bertz CT molecular complexity index is 795. The van der Waals surface area contributed by atoms with E-state index in [-0.39, 0.29) is 17.1 Å². The second kappa shape index (κ2) is 4.26. The van der Waals surface area contributed by atoms with E-state index < -0.39 is 0 Å². The number of hydrogen-bond donors (Lipinski definition) is 2. The Morgan fingerprint density at radius 1 is 1.43 bits per heavy atom. The van der Waals surface area contributed by atoms with Crippen molar-refractivity contribution in [2.75, 3.05) is 18.4 Å². The summed E-state index contributed by atoms with van der Waals surface area (Å²) in [5.41, 5.74) is 5.51. The van der Waals surface area contributed by atoms with Crippen molar-refractivity contribution in [2.45, 2.75) is 31.2 Å². The Labute approximate surface area is 135 Å². The zero-order chi connectivity index (χ0) is 15.8. The number of hydrogen-bond acceptors (Lipinski definition) is 4. The van der Waals surface area contributed by atoms with Crippen molar-refractivity contribution in [3.05, 3.63) is 46.7 Å². The van der Waals surface area contributed by atoms with Crippen LogP contribution in [0, 0.1) is 5.92 Å². The zero-order valence-corrected chi connectivity index (χ0v) is 13.2. The highest BCUT2D eigenvalue weighted by atomic mass is 16.3. The van der Waals surface area contributed by atoms with Crippen LogP contribution in [0.4, 0.5) is 5.69 Å². The monoisotopic (exact) mass is 308 g/mol. The molecule has 1 aliphatic carbocycles. The number of carbonyl (C=O) groups is 1. The van der Waals surface area contributed by atoms with Crippen molar-refractivity contribution in [1.82, 2.24) is 4.90 Å². The number of aldehydes is 1. The highest BCUT2D eigenvalue weighted by Crippen LogP contribution is 2.61. The SMILES string of the molecule is CC=C1CN2CCC34C(=C(C=O)C1CC23)Nc1cc(O)ccc14. The summed E-state index contributed by atoms with van der Waals surface area (Å²) in [6.07, 6.45) is 5.32. The van der Waals surface area contributed by atoms with E-state index in [4.69, 9.17) is 0 Å². The first-order chi connectivity index (χ1) is 11.2. The van der Waals surface area contributed by atoms with Gasteiger partial charge in [0.25, 0.3) is 0 Å². The van der Waals surface area contributed by atoms with E-state index in [1.165, 1.54) is 11.1 Å². The zero-order valence-electron chi connectivity index (χ0n) is 13.2. The third kappa shape index (κ3) is 1.43. The molecule has 1 aromatic rings. The normalized spacial score (nSPS) is 36.0. The highest BCUT2D eigenvalue weighted by molar-refractivity contribution is 5.85. The van der Waals surface area contributed by atoms with Crippen LogP contribution in [0.15, 0.2) is 41.1 Å². The summed E-state index contributed by atoms with van der Waals surface area (Å²) in [5.74, 6) is 0.516. The van der Waals surface area contributed by atoms with Crippen LogP contribution in [0.5, 0.6) is 5.75 Å². The molecule has 4 heteroatoms. The molecule has 3 unspecified atom stereocenters. The topological polar surface area (TPSA) is 52.6 Å². The summed E-state index contributed by atoms with van der Waals surface area (Å²) in [6, 6.07) is 6.06. The molecule has 23 heavy (non-hydrogen) atoms. The molecule has 2 bridgehead atoms. The molecule has 2 fully saturated rings. The number of anilines is 1. The fraction of sp³-hybridized carbons (Fsp3) is 0.421. The average molecular weight is 308 g/mol. The molecule has 3 atom stereocenters. The standard InChI is InChI=1S/C19H20N2O2/c1-2-11-9-21-6-5-19-15-4-3-12(23)7-16(15)20-18(19)14(10-22)13(11)8-17(19)21/h2-4,7,10,13,17,20,23H,5-6,8-9H2,1H3. The largest absolute Gasteiger partial charge is 0.508 e. The Hall–Kier alpha value is -2.07. The Balaban J connectivity index is 1.81. The van der Waals surface area contributed by atoms with Crippen LogP contribution in [0.3, 0.4) is 0 Å². The van der Waals surface area contributed by atoms with E-state index in [9.17, 15) is 9.90 Å². The lowest BCUT2D eigenvalue weighted by Crippen LogP contribution is -2.52. The molecule has 1 aromatic carbocycles. The second-order valence-corrected chi connectivity index (χ2v) is 7.16. The van der Waals surface area contributed by atoms with E-state index in [2.05, 4.69) is 23.2 Å². The Morgan fingerprint density at radius 3 is 3.09 bits per heavy atom. The average Bonchev–Trinajstić information content (AvgIpc) is 3.10. The first-order valence-corrected chi connectivity index (χ1v) is 8.38. The highest BCUT2D eigenvalue weighted by Gasteiger charge is 2.61.